The SMILES string of the molecule is O=C(c1ccccc1)N1CC2(CCNCC2)c2ccccc21. The van der Waals surface area contributed by atoms with Crippen LogP contribution in [-0.4, -0.2) is 25.5 Å². The molecule has 2 heterocycles. The second kappa shape index (κ2) is 5.25. The summed E-state index contributed by atoms with van der Waals surface area (Å²) in [6, 6.07) is 18.0. The van der Waals surface area contributed by atoms with E-state index in [0.29, 0.717) is 0 Å². The Morgan fingerprint density at radius 3 is 2.41 bits per heavy atom. The van der Waals surface area contributed by atoms with Crippen molar-refractivity contribution in [3.8, 4) is 0 Å². The third kappa shape index (κ3) is 2.04. The maximum absolute atomic E-state index is 12.9. The Morgan fingerprint density at radius 1 is 0.955 bits per heavy atom. The van der Waals surface area contributed by atoms with Crippen molar-refractivity contribution >= 4 is 11.6 Å². The van der Waals surface area contributed by atoms with Crippen molar-refractivity contribution in [1.82, 2.24) is 5.32 Å². The molecule has 0 saturated carbocycles. The molecule has 112 valence electrons. The van der Waals surface area contributed by atoms with Gasteiger partial charge in [-0.3, -0.25) is 4.79 Å². The van der Waals surface area contributed by atoms with E-state index >= 15 is 0 Å². The lowest BCUT2D eigenvalue weighted by Gasteiger charge is -2.34. The van der Waals surface area contributed by atoms with E-state index < -0.39 is 0 Å². The van der Waals surface area contributed by atoms with Gasteiger partial charge in [0.1, 0.15) is 0 Å². The Kier molecular flexibility index (Phi) is 3.23. The van der Waals surface area contributed by atoms with Gasteiger partial charge in [0.2, 0.25) is 0 Å². The molecule has 4 rings (SSSR count). The average molecular weight is 292 g/mol. The molecule has 2 aromatic rings. The van der Waals surface area contributed by atoms with Gasteiger partial charge in [0.25, 0.3) is 5.91 Å². The molecule has 1 fully saturated rings. The van der Waals surface area contributed by atoms with Gasteiger partial charge in [0.15, 0.2) is 0 Å². The van der Waals surface area contributed by atoms with E-state index in [1.165, 1.54) is 5.56 Å². The van der Waals surface area contributed by atoms with Gasteiger partial charge in [0.05, 0.1) is 0 Å². The highest BCUT2D eigenvalue weighted by Gasteiger charge is 2.44. The first-order chi connectivity index (χ1) is 10.8. The lowest BCUT2D eigenvalue weighted by Crippen LogP contribution is -2.44. The number of hydrogen-bond acceptors (Lipinski definition) is 2. The number of amides is 1. The second-order valence-electron chi connectivity index (χ2n) is 6.30. The molecule has 3 heteroatoms. The number of benzene rings is 2. The van der Waals surface area contributed by atoms with E-state index in [2.05, 4.69) is 23.5 Å². The molecule has 2 aliphatic heterocycles. The summed E-state index contributed by atoms with van der Waals surface area (Å²) in [5, 5.41) is 3.44. The molecule has 1 amide bonds. The molecular formula is C19H20N2O. The van der Waals surface area contributed by atoms with Crippen molar-refractivity contribution in [1.29, 1.82) is 0 Å². The van der Waals surface area contributed by atoms with E-state index in [1.807, 2.05) is 41.3 Å². The van der Waals surface area contributed by atoms with Crippen LogP contribution < -0.4 is 10.2 Å². The lowest BCUT2D eigenvalue weighted by molar-refractivity contribution is 0.0983. The fourth-order valence-corrected chi connectivity index (χ4v) is 3.88. The van der Waals surface area contributed by atoms with Crippen molar-refractivity contribution in [2.24, 2.45) is 0 Å². The Bertz CT molecular complexity index is 690. The summed E-state index contributed by atoms with van der Waals surface area (Å²) < 4.78 is 0. The second-order valence-corrected chi connectivity index (χ2v) is 6.30. The molecule has 3 nitrogen and oxygen atoms in total. The van der Waals surface area contributed by atoms with Crippen LogP contribution in [0.15, 0.2) is 54.6 Å². The summed E-state index contributed by atoms with van der Waals surface area (Å²) >= 11 is 0. The van der Waals surface area contributed by atoms with Crippen molar-refractivity contribution in [3.63, 3.8) is 0 Å². The number of piperidine rings is 1. The number of rotatable bonds is 1. The number of carbonyl (C=O) groups excluding carboxylic acids is 1. The molecule has 0 atom stereocenters. The molecule has 0 aromatic heterocycles. The molecule has 2 aliphatic rings. The summed E-state index contributed by atoms with van der Waals surface area (Å²) in [6.07, 6.45) is 2.20. The molecule has 0 aliphatic carbocycles. The van der Waals surface area contributed by atoms with Crippen LogP contribution in [0.3, 0.4) is 0 Å². The summed E-state index contributed by atoms with van der Waals surface area (Å²) in [6.45, 7) is 2.87. The van der Waals surface area contributed by atoms with E-state index in [1.54, 1.807) is 0 Å². The standard InChI is InChI=1S/C19H20N2O/c22-18(15-6-2-1-3-7-15)21-14-19(10-12-20-13-11-19)16-8-4-5-9-17(16)21/h1-9,20H,10-14H2. The smallest absolute Gasteiger partial charge is 0.258 e. The van der Waals surface area contributed by atoms with Gasteiger partial charge in [-0.2, -0.15) is 0 Å². The van der Waals surface area contributed by atoms with Gasteiger partial charge in [-0.15, -0.1) is 0 Å². The molecule has 22 heavy (non-hydrogen) atoms. The minimum atomic E-state index is 0.114. The monoisotopic (exact) mass is 292 g/mol. The Balaban J connectivity index is 1.75. The van der Waals surface area contributed by atoms with E-state index in [4.69, 9.17) is 0 Å². The normalized spacial score (nSPS) is 19.2. The molecule has 0 unspecified atom stereocenters. The number of hydrogen-bond donors (Lipinski definition) is 1. The maximum atomic E-state index is 12.9. The van der Waals surface area contributed by atoms with Crippen LogP contribution in [0.4, 0.5) is 5.69 Å². The van der Waals surface area contributed by atoms with Crippen LogP contribution in [0.5, 0.6) is 0 Å². The molecular weight excluding hydrogens is 272 g/mol. The highest BCUT2D eigenvalue weighted by atomic mass is 16.2. The van der Waals surface area contributed by atoms with Crippen LogP contribution in [0.2, 0.25) is 0 Å². The van der Waals surface area contributed by atoms with Gasteiger partial charge in [-0.05, 0) is 49.7 Å². The van der Waals surface area contributed by atoms with Crippen LogP contribution >= 0.6 is 0 Å². The largest absolute Gasteiger partial charge is 0.317 e. The minimum absolute atomic E-state index is 0.114. The summed E-state index contributed by atoms with van der Waals surface area (Å²) in [4.78, 5) is 14.9. The Hall–Kier alpha value is -2.13. The number of nitrogens with zero attached hydrogens (tertiary/aromatic N) is 1. The third-order valence-corrected chi connectivity index (χ3v) is 5.05. The zero-order chi connectivity index (χ0) is 15.0. The van der Waals surface area contributed by atoms with E-state index in [9.17, 15) is 4.79 Å². The van der Waals surface area contributed by atoms with Crippen molar-refractivity contribution < 1.29 is 4.79 Å². The molecule has 2 aromatic carbocycles. The van der Waals surface area contributed by atoms with E-state index in [0.717, 1.165) is 43.7 Å². The molecule has 1 spiro atoms. The zero-order valence-electron chi connectivity index (χ0n) is 12.6. The number of para-hydroxylation sites is 1. The van der Waals surface area contributed by atoms with Gasteiger partial charge in [-0.25, -0.2) is 0 Å². The van der Waals surface area contributed by atoms with E-state index in [-0.39, 0.29) is 11.3 Å². The molecule has 1 N–H and O–H groups in total. The zero-order valence-corrected chi connectivity index (χ0v) is 12.6. The number of carbonyl (C=O) groups is 1. The van der Waals surface area contributed by atoms with Crippen molar-refractivity contribution in [2.75, 3.05) is 24.5 Å². The summed E-state index contributed by atoms with van der Waals surface area (Å²) in [5.74, 6) is 0.114. The first-order valence-electron chi connectivity index (χ1n) is 7.97. The summed E-state index contributed by atoms with van der Waals surface area (Å²) in [7, 11) is 0. The third-order valence-electron chi connectivity index (χ3n) is 5.05. The highest BCUT2D eigenvalue weighted by Crippen LogP contribution is 2.46. The first-order valence-corrected chi connectivity index (χ1v) is 7.97. The topological polar surface area (TPSA) is 32.3 Å². The van der Waals surface area contributed by atoms with Crippen molar-refractivity contribution in [3.05, 3.63) is 65.7 Å². The van der Waals surface area contributed by atoms with Gasteiger partial charge in [0, 0.05) is 23.2 Å². The van der Waals surface area contributed by atoms with Crippen molar-refractivity contribution in [2.45, 2.75) is 18.3 Å². The van der Waals surface area contributed by atoms with Crippen LogP contribution in [0.25, 0.3) is 0 Å². The van der Waals surface area contributed by atoms with Gasteiger partial charge in [-0.1, -0.05) is 36.4 Å². The quantitative estimate of drug-likeness (QED) is 0.876. The van der Waals surface area contributed by atoms with Crippen LogP contribution in [0, 0.1) is 0 Å². The molecule has 1 saturated heterocycles. The Morgan fingerprint density at radius 2 is 1.64 bits per heavy atom. The Labute approximate surface area is 131 Å². The average Bonchev–Trinajstić information content (AvgIpc) is 2.90. The first kappa shape index (κ1) is 13.5. The molecule has 0 radical (unpaired) electrons. The predicted molar refractivity (Wildman–Crippen MR) is 88.3 cm³/mol. The number of nitrogens with one attached hydrogen (secondary N) is 1. The minimum Gasteiger partial charge on any atom is -0.317 e. The number of anilines is 1. The number of fused-ring (bicyclic) bond motifs is 2. The van der Waals surface area contributed by atoms with Gasteiger partial charge >= 0.3 is 0 Å². The molecule has 0 bridgehead atoms. The maximum Gasteiger partial charge on any atom is 0.258 e. The predicted octanol–water partition coefficient (Wildman–Crippen LogP) is 2.97. The van der Waals surface area contributed by atoms with Crippen LogP contribution in [0.1, 0.15) is 28.8 Å². The lowest BCUT2D eigenvalue weighted by atomic mass is 9.75. The fourth-order valence-electron chi connectivity index (χ4n) is 3.88. The highest BCUT2D eigenvalue weighted by molar-refractivity contribution is 6.07. The fraction of sp³-hybridized carbons (Fsp3) is 0.316. The van der Waals surface area contributed by atoms with Gasteiger partial charge < -0.3 is 10.2 Å². The van der Waals surface area contributed by atoms with Crippen LogP contribution in [-0.2, 0) is 5.41 Å². The summed E-state index contributed by atoms with van der Waals surface area (Å²) in [5.41, 5.74) is 3.34.